The van der Waals surface area contributed by atoms with Crippen LogP contribution in [0.2, 0.25) is 0 Å². The fraction of sp³-hybridized carbons (Fsp3) is 0.231. The van der Waals surface area contributed by atoms with Crippen molar-refractivity contribution in [2.45, 2.75) is 25.7 Å². The van der Waals surface area contributed by atoms with E-state index in [0.29, 0.717) is 0 Å². The molecule has 0 spiro atoms. The largest absolute Gasteiger partial charge is 0.293 e. The van der Waals surface area contributed by atoms with Crippen molar-refractivity contribution in [3.8, 4) is 0 Å². The normalized spacial score (nSPS) is 11.5. The molecular formula is C13H14N2O3S. The molecular weight excluding hydrogens is 264 g/mol. The van der Waals surface area contributed by atoms with Gasteiger partial charge in [0.25, 0.3) is 10.0 Å². The van der Waals surface area contributed by atoms with Crippen molar-refractivity contribution in [3.63, 3.8) is 0 Å². The lowest BCUT2D eigenvalue weighted by molar-refractivity contribution is 0.101. The van der Waals surface area contributed by atoms with Crippen LogP contribution in [0.25, 0.3) is 0 Å². The van der Waals surface area contributed by atoms with Crippen molar-refractivity contribution in [2.75, 3.05) is 0 Å². The standard InChI is InChI=1S/C13H14N2O3S/c1-9-4-6-12(7-5-9)19(17,18)15-8-13(10(2)16)14-11(15)3/h4-8H,1-3H3. The summed E-state index contributed by atoms with van der Waals surface area (Å²) >= 11 is 0. The van der Waals surface area contributed by atoms with E-state index in [2.05, 4.69) is 4.98 Å². The second-order valence-corrected chi connectivity index (χ2v) is 6.16. The van der Waals surface area contributed by atoms with Gasteiger partial charge in [0.2, 0.25) is 0 Å². The van der Waals surface area contributed by atoms with Crippen molar-refractivity contribution in [2.24, 2.45) is 0 Å². The SMILES string of the molecule is CC(=O)c1cn(S(=O)(=O)c2ccc(C)cc2)c(C)n1. The number of hydrogen-bond acceptors (Lipinski definition) is 4. The number of ketones is 1. The van der Waals surface area contributed by atoms with Crippen molar-refractivity contribution >= 4 is 15.8 Å². The van der Waals surface area contributed by atoms with E-state index in [1.165, 1.54) is 25.3 Å². The van der Waals surface area contributed by atoms with Gasteiger partial charge in [-0.25, -0.2) is 17.4 Å². The van der Waals surface area contributed by atoms with Gasteiger partial charge in [-0.05, 0) is 26.0 Å². The smallest absolute Gasteiger partial charge is 0.269 e. The quantitative estimate of drug-likeness (QED) is 0.805. The molecule has 0 fully saturated rings. The third-order valence-corrected chi connectivity index (χ3v) is 4.53. The first-order valence-corrected chi connectivity index (χ1v) is 7.15. The maximum Gasteiger partial charge on any atom is 0.269 e. The number of aryl methyl sites for hydroxylation is 2. The third-order valence-electron chi connectivity index (χ3n) is 2.78. The third kappa shape index (κ3) is 2.44. The summed E-state index contributed by atoms with van der Waals surface area (Å²) in [4.78, 5) is 15.4. The Kier molecular flexibility index (Phi) is 3.28. The maximum absolute atomic E-state index is 12.4. The van der Waals surface area contributed by atoms with Crippen LogP contribution in [-0.4, -0.2) is 23.2 Å². The molecule has 0 bridgehead atoms. The molecule has 0 saturated heterocycles. The second kappa shape index (κ2) is 4.62. The predicted octanol–water partition coefficient (Wildman–Crippen LogP) is 1.94. The molecule has 0 amide bonds. The molecule has 0 N–H and O–H groups in total. The molecule has 100 valence electrons. The Hall–Kier alpha value is -1.95. The minimum Gasteiger partial charge on any atom is -0.293 e. The number of hydrogen-bond donors (Lipinski definition) is 0. The number of rotatable bonds is 3. The van der Waals surface area contributed by atoms with Gasteiger partial charge in [0, 0.05) is 6.92 Å². The number of imidazole rings is 1. The molecule has 1 aromatic carbocycles. The minimum atomic E-state index is -3.70. The summed E-state index contributed by atoms with van der Waals surface area (Å²) in [5, 5.41) is 0. The molecule has 0 aliphatic heterocycles. The van der Waals surface area contributed by atoms with Gasteiger partial charge in [0.1, 0.15) is 11.5 Å². The average Bonchev–Trinajstić information content (AvgIpc) is 2.73. The highest BCUT2D eigenvalue weighted by molar-refractivity contribution is 7.90. The number of benzene rings is 1. The Morgan fingerprint density at radius 3 is 2.21 bits per heavy atom. The van der Waals surface area contributed by atoms with E-state index in [-0.39, 0.29) is 22.2 Å². The zero-order valence-corrected chi connectivity index (χ0v) is 11.7. The zero-order valence-electron chi connectivity index (χ0n) is 10.9. The van der Waals surface area contributed by atoms with Crippen LogP contribution >= 0.6 is 0 Å². The topological polar surface area (TPSA) is 69.0 Å². The summed E-state index contributed by atoms with van der Waals surface area (Å²) < 4.78 is 25.9. The van der Waals surface area contributed by atoms with Crippen molar-refractivity contribution < 1.29 is 13.2 Å². The highest BCUT2D eigenvalue weighted by atomic mass is 32.2. The molecule has 1 aromatic heterocycles. The molecule has 2 rings (SSSR count). The lowest BCUT2D eigenvalue weighted by Crippen LogP contribution is -2.13. The molecule has 0 radical (unpaired) electrons. The lowest BCUT2D eigenvalue weighted by Gasteiger charge is -2.07. The molecule has 0 unspecified atom stereocenters. The van der Waals surface area contributed by atoms with Gasteiger partial charge in [-0.1, -0.05) is 17.7 Å². The zero-order chi connectivity index (χ0) is 14.2. The molecule has 19 heavy (non-hydrogen) atoms. The van der Waals surface area contributed by atoms with Crippen LogP contribution in [0.15, 0.2) is 35.4 Å². The monoisotopic (exact) mass is 278 g/mol. The summed E-state index contributed by atoms with van der Waals surface area (Å²) in [6.07, 6.45) is 1.26. The number of carbonyl (C=O) groups is 1. The van der Waals surface area contributed by atoms with E-state index in [9.17, 15) is 13.2 Å². The molecule has 2 aromatic rings. The highest BCUT2D eigenvalue weighted by Crippen LogP contribution is 2.17. The van der Waals surface area contributed by atoms with Crippen LogP contribution in [0.3, 0.4) is 0 Å². The van der Waals surface area contributed by atoms with E-state index in [1.54, 1.807) is 19.1 Å². The van der Waals surface area contributed by atoms with Crippen molar-refractivity contribution in [1.82, 2.24) is 8.96 Å². The van der Waals surface area contributed by atoms with E-state index in [4.69, 9.17) is 0 Å². The van der Waals surface area contributed by atoms with Crippen molar-refractivity contribution in [3.05, 3.63) is 47.5 Å². The molecule has 0 saturated carbocycles. The van der Waals surface area contributed by atoms with E-state index in [1.807, 2.05) is 6.92 Å². The molecule has 1 heterocycles. The van der Waals surface area contributed by atoms with Crippen LogP contribution in [0.1, 0.15) is 28.8 Å². The fourth-order valence-electron chi connectivity index (χ4n) is 1.69. The van der Waals surface area contributed by atoms with E-state index in [0.717, 1.165) is 9.54 Å². The van der Waals surface area contributed by atoms with Gasteiger partial charge in [-0.3, -0.25) is 4.79 Å². The minimum absolute atomic E-state index is 0.146. The van der Waals surface area contributed by atoms with Crippen molar-refractivity contribution in [1.29, 1.82) is 0 Å². The summed E-state index contributed by atoms with van der Waals surface area (Å²) in [5.74, 6) is 0.00623. The Labute approximate surface area is 112 Å². The second-order valence-electron chi connectivity index (χ2n) is 4.34. The first-order valence-electron chi connectivity index (χ1n) is 5.71. The Bertz CT molecular complexity index is 728. The number of Topliss-reactive ketones (excluding diaryl/α,β-unsaturated/α-hetero) is 1. The van der Waals surface area contributed by atoms with Crippen LogP contribution in [-0.2, 0) is 10.0 Å². The number of aromatic nitrogens is 2. The summed E-state index contributed by atoms with van der Waals surface area (Å²) in [7, 11) is -3.70. The maximum atomic E-state index is 12.4. The fourth-order valence-corrected chi connectivity index (χ4v) is 3.03. The molecule has 0 aliphatic carbocycles. The van der Waals surface area contributed by atoms with Gasteiger partial charge < -0.3 is 0 Å². The summed E-state index contributed by atoms with van der Waals surface area (Å²) in [6.45, 7) is 4.79. The van der Waals surface area contributed by atoms with Crippen LogP contribution in [0.4, 0.5) is 0 Å². The number of carbonyl (C=O) groups excluding carboxylic acids is 1. The van der Waals surface area contributed by atoms with Crippen LogP contribution < -0.4 is 0 Å². The predicted molar refractivity (Wildman–Crippen MR) is 70.7 cm³/mol. The number of nitrogens with zero attached hydrogens (tertiary/aromatic N) is 2. The summed E-state index contributed by atoms with van der Waals surface area (Å²) in [5.41, 5.74) is 1.12. The highest BCUT2D eigenvalue weighted by Gasteiger charge is 2.21. The van der Waals surface area contributed by atoms with Gasteiger partial charge >= 0.3 is 0 Å². The van der Waals surface area contributed by atoms with Gasteiger partial charge in [-0.2, -0.15) is 0 Å². The average molecular weight is 278 g/mol. The first kappa shape index (κ1) is 13.5. The van der Waals surface area contributed by atoms with Gasteiger partial charge in [0.15, 0.2) is 5.78 Å². The molecule has 0 atom stereocenters. The van der Waals surface area contributed by atoms with Gasteiger partial charge in [0.05, 0.1) is 11.1 Å². The lowest BCUT2D eigenvalue weighted by atomic mass is 10.2. The Balaban J connectivity index is 2.56. The van der Waals surface area contributed by atoms with Crippen LogP contribution in [0.5, 0.6) is 0 Å². The van der Waals surface area contributed by atoms with Gasteiger partial charge in [-0.15, -0.1) is 0 Å². The Morgan fingerprint density at radius 2 is 1.74 bits per heavy atom. The van der Waals surface area contributed by atoms with Crippen LogP contribution in [0, 0.1) is 13.8 Å². The molecule has 5 nitrogen and oxygen atoms in total. The summed E-state index contributed by atoms with van der Waals surface area (Å²) in [6, 6.07) is 6.53. The van der Waals surface area contributed by atoms with E-state index >= 15 is 0 Å². The van der Waals surface area contributed by atoms with E-state index < -0.39 is 10.0 Å². The molecule has 6 heteroatoms. The Morgan fingerprint density at radius 1 is 1.16 bits per heavy atom. The first-order chi connectivity index (χ1) is 8.82. The molecule has 0 aliphatic rings.